The van der Waals surface area contributed by atoms with Gasteiger partial charge in [0.1, 0.15) is 5.75 Å². The zero-order chi connectivity index (χ0) is 22.7. The van der Waals surface area contributed by atoms with E-state index in [1.54, 1.807) is 7.11 Å². The van der Waals surface area contributed by atoms with Crippen LogP contribution in [0.5, 0.6) is 5.75 Å². The summed E-state index contributed by atoms with van der Waals surface area (Å²) in [6.07, 6.45) is 0.425. The van der Waals surface area contributed by atoms with Gasteiger partial charge in [-0.2, -0.15) is 0 Å². The molecule has 1 aliphatic rings. The summed E-state index contributed by atoms with van der Waals surface area (Å²) in [5.41, 5.74) is 7.45. The topological polar surface area (TPSA) is 67.8 Å². The third kappa shape index (κ3) is 4.54. The second-order valence-corrected chi connectivity index (χ2v) is 8.28. The predicted molar refractivity (Wildman–Crippen MR) is 125 cm³/mol. The van der Waals surface area contributed by atoms with E-state index in [-0.39, 0.29) is 18.4 Å². The minimum absolute atomic E-state index is 0.105. The molecule has 166 valence electrons. The van der Waals surface area contributed by atoms with E-state index in [0.717, 1.165) is 39.1 Å². The van der Waals surface area contributed by atoms with E-state index in [1.807, 2.05) is 30.3 Å². The standard InChI is InChI=1S/C27H29NO4/c1-17-8-10-21(23-13-18(14-26(30)32-3)9-11-25(23)31-2)20(12-17)16-28-27-22-7-5-4-6-19(22)15-24(27)29/h4-13,24,27-29H,14-16H2,1-3H3/t24-,27+/m0/s1. The average molecular weight is 432 g/mol. The summed E-state index contributed by atoms with van der Waals surface area (Å²) in [5, 5.41) is 14.2. The van der Waals surface area contributed by atoms with Crippen LogP contribution in [0.1, 0.15) is 33.9 Å². The molecule has 2 atom stereocenters. The van der Waals surface area contributed by atoms with Gasteiger partial charge in [-0.15, -0.1) is 0 Å². The first-order valence-corrected chi connectivity index (χ1v) is 10.8. The van der Waals surface area contributed by atoms with Crippen LogP contribution in [0.25, 0.3) is 11.1 Å². The molecule has 0 fully saturated rings. The van der Waals surface area contributed by atoms with Crippen LogP contribution in [0.15, 0.2) is 60.7 Å². The quantitative estimate of drug-likeness (QED) is 0.551. The van der Waals surface area contributed by atoms with Crippen LogP contribution in [-0.4, -0.2) is 31.4 Å². The summed E-state index contributed by atoms with van der Waals surface area (Å²) < 4.78 is 10.5. The van der Waals surface area contributed by atoms with Crippen LogP contribution >= 0.6 is 0 Å². The molecule has 32 heavy (non-hydrogen) atoms. The Morgan fingerprint density at radius 1 is 1.06 bits per heavy atom. The molecule has 0 bridgehead atoms. The van der Waals surface area contributed by atoms with E-state index < -0.39 is 6.10 Å². The molecule has 5 nitrogen and oxygen atoms in total. The Labute approximate surface area is 189 Å². The predicted octanol–water partition coefficient (Wildman–Crippen LogP) is 4.13. The van der Waals surface area contributed by atoms with E-state index in [4.69, 9.17) is 9.47 Å². The van der Waals surface area contributed by atoms with Crippen molar-refractivity contribution in [1.82, 2.24) is 5.32 Å². The largest absolute Gasteiger partial charge is 0.496 e. The Kier molecular flexibility index (Phi) is 6.58. The molecule has 0 heterocycles. The molecule has 5 heteroatoms. The first-order valence-electron chi connectivity index (χ1n) is 10.8. The van der Waals surface area contributed by atoms with Gasteiger partial charge in [-0.1, -0.05) is 54.1 Å². The van der Waals surface area contributed by atoms with Crippen LogP contribution in [0.3, 0.4) is 0 Å². The molecule has 2 N–H and O–H groups in total. The number of rotatable bonds is 7. The Balaban J connectivity index is 1.66. The zero-order valence-corrected chi connectivity index (χ0v) is 18.7. The van der Waals surface area contributed by atoms with E-state index in [9.17, 15) is 9.90 Å². The molecule has 0 saturated carbocycles. The summed E-state index contributed by atoms with van der Waals surface area (Å²) in [6, 6.07) is 20.2. The van der Waals surface area contributed by atoms with Crippen molar-refractivity contribution >= 4 is 5.97 Å². The Morgan fingerprint density at radius 2 is 1.88 bits per heavy atom. The highest BCUT2D eigenvalue weighted by Crippen LogP contribution is 2.36. The molecule has 0 radical (unpaired) electrons. The molecule has 0 aliphatic heterocycles. The number of esters is 1. The lowest BCUT2D eigenvalue weighted by Crippen LogP contribution is -2.28. The number of fused-ring (bicyclic) bond motifs is 1. The number of carbonyl (C=O) groups is 1. The molecule has 3 aromatic rings. The summed E-state index contributed by atoms with van der Waals surface area (Å²) in [6.45, 7) is 2.66. The van der Waals surface area contributed by atoms with Gasteiger partial charge in [0, 0.05) is 18.5 Å². The van der Waals surface area contributed by atoms with Crippen molar-refractivity contribution in [2.24, 2.45) is 0 Å². The third-order valence-electron chi connectivity index (χ3n) is 6.11. The molecule has 0 aromatic heterocycles. The highest BCUT2D eigenvalue weighted by molar-refractivity contribution is 5.77. The Bertz CT molecular complexity index is 1120. The van der Waals surface area contributed by atoms with E-state index in [0.29, 0.717) is 13.0 Å². The molecule has 0 amide bonds. The zero-order valence-electron chi connectivity index (χ0n) is 18.7. The molecule has 0 saturated heterocycles. The van der Waals surface area contributed by atoms with Crippen LogP contribution in [0.4, 0.5) is 0 Å². The van der Waals surface area contributed by atoms with Crippen molar-refractivity contribution in [3.8, 4) is 16.9 Å². The van der Waals surface area contributed by atoms with Crippen molar-refractivity contribution in [2.45, 2.75) is 38.5 Å². The normalized spacial score (nSPS) is 17.1. The first-order chi connectivity index (χ1) is 15.5. The molecular formula is C27H29NO4. The number of hydrogen-bond donors (Lipinski definition) is 2. The number of hydrogen-bond acceptors (Lipinski definition) is 5. The molecule has 1 aliphatic carbocycles. The molecule has 0 spiro atoms. The lowest BCUT2D eigenvalue weighted by Gasteiger charge is -2.20. The van der Waals surface area contributed by atoms with Crippen LogP contribution in [-0.2, 0) is 28.9 Å². The minimum Gasteiger partial charge on any atom is -0.496 e. The van der Waals surface area contributed by atoms with Gasteiger partial charge in [-0.05, 0) is 46.9 Å². The second-order valence-electron chi connectivity index (χ2n) is 8.28. The third-order valence-corrected chi connectivity index (χ3v) is 6.11. The fourth-order valence-electron chi connectivity index (χ4n) is 4.49. The van der Waals surface area contributed by atoms with Crippen molar-refractivity contribution in [2.75, 3.05) is 14.2 Å². The monoisotopic (exact) mass is 431 g/mol. The van der Waals surface area contributed by atoms with Crippen molar-refractivity contribution < 1.29 is 19.4 Å². The van der Waals surface area contributed by atoms with Gasteiger partial charge in [0.2, 0.25) is 0 Å². The van der Waals surface area contributed by atoms with Crippen molar-refractivity contribution in [3.63, 3.8) is 0 Å². The van der Waals surface area contributed by atoms with Crippen LogP contribution in [0.2, 0.25) is 0 Å². The lowest BCUT2D eigenvalue weighted by molar-refractivity contribution is -0.139. The number of aliphatic hydroxyl groups excluding tert-OH is 1. The summed E-state index contributed by atoms with van der Waals surface area (Å²) >= 11 is 0. The minimum atomic E-state index is -0.446. The average Bonchev–Trinajstić information content (AvgIpc) is 3.12. The van der Waals surface area contributed by atoms with Crippen molar-refractivity contribution in [1.29, 1.82) is 0 Å². The fraction of sp³-hybridized carbons (Fsp3) is 0.296. The smallest absolute Gasteiger partial charge is 0.309 e. The number of benzene rings is 3. The van der Waals surface area contributed by atoms with Crippen molar-refractivity contribution in [3.05, 3.63) is 88.5 Å². The van der Waals surface area contributed by atoms with Gasteiger partial charge in [-0.3, -0.25) is 4.79 Å². The maximum Gasteiger partial charge on any atom is 0.309 e. The van der Waals surface area contributed by atoms with Gasteiger partial charge in [0.15, 0.2) is 0 Å². The summed E-state index contributed by atoms with van der Waals surface area (Å²) in [4.78, 5) is 11.8. The first kappa shape index (κ1) is 22.1. The van der Waals surface area contributed by atoms with Gasteiger partial charge < -0.3 is 19.9 Å². The van der Waals surface area contributed by atoms with E-state index >= 15 is 0 Å². The van der Waals surface area contributed by atoms with E-state index in [1.165, 1.54) is 12.7 Å². The van der Waals surface area contributed by atoms with Gasteiger partial charge in [0.05, 0.1) is 32.8 Å². The molecule has 4 rings (SSSR count). The van der Waals surface area contributed by atoms with Gasteiger partial charge >= 0.3 is 5.97 Å². The number of methoxy groups -OCH3 is 2. The molecule has 0 unspecified atom stereocenters. The van der Waals surface area contributed by atoms with Gasteiger partial charge in [0.25, 0.3) is 0 Å². The maximum absolute atomic E-state index is 11.8. The number of aryl methyl sites for hydroxylation is 1. The number of aliphatic hydroxyl groups is 1. The Morgan fingerprint density at radius 3 is 2.66 bits per heavy atom. The number of ether oxygens (including phenoxy) is 2. The highest BCUT2D eigenvalue weighted by atomic mass is 16.5. The van der Waals surface area contributed by atoms with Crippen LogP contribution < -0.4 is 10.1 Å². The van der Waals surface area contributed by atoms with Crippen LogP contribution in [0, 0.1) is 6.92 Å². The summed E-state index contributed by atoms with van der Waals surface area (Å²) in [7, 11) is 3.04. The maximum atomic E-state index is 11.8. The summed E-state index contributed by atoms with van der Waals surface area (Å²) in [5.74, 6) is 0.468. The lowest BCUT2D eigenvalue weighted by atomic mass is 9.94. The Hall–Kier alpha value is -3.15. The fourth-order valence-corrected chi connectivity index (χ4v) is 4.49. The molecular weight excluding hydrogens is 402 g/mol. The SMILES string of the molecule is COC(=O)Cc1ccc(OC)c(-c2ccc(C)cc2CN[C@@H]2c3ccccc3C[C@@H]2O)c1. The second kappa shape index (κ2) is 9.55. The number of carbonyl (C=O) groups excluding carboxylic acids is 1. The molecule has 3 aromatic carbocycles. The highest BCUT2D eigenvalue weighted by Gasteiger charge is 2.30. The van der Waals surface area contributed by atoms with Gasteiger partial charge in [-0.25, -0.2) is 0 Å². The van der Waals surface area contributed by atoms with E-state index in [2.05, 4.69) is 42.6 Å². The number of nitrogens with one attached hydrogen (secondary N) is 1.